The van der Waals surface area contributed by atoms with Gasteiger partial charge < -0.3 is 5.73 Å². The van der Waals surface area contributed by atoms with Crippen molar-refractivity contribution >= 4 is 0 Å². The van der Waals surface area contributed by atoms with E-state index in [9.17, 15) is 0 Å². The van der Waals surface area contributed by atoms with Crippen LogP contribution in [-0.4, -0.2) is 15.8 Å². The molecule has 0 bridgehead atoms. The van der Waals surface area contributed by atoms with Crippen LogP contribution in [0.1, 0.15) is 39.7 Å². The molecule has 0 amide bonds. The highest BCUT2D eigenvalue weighted by atomic mass is 15.3. The Balaban J connectivity index is 2.60. The van der Waals surface area contributed by atoms with Crippen LogP contribution in [0.25, 0.3) is 0 Å². The van der Waals surface area contributed by atoms with Crippen LogP contribution >= 0.6 is 0 Å². The Labute approximate surface area is 86.3 Å². The minimum absolute atomic E-state index is 0.0760. The summed E-state index contributed by atoms with van der Waals surface area (Å²) >= 11 is 0. The van der Waals surface area contributed by atoms with Crippen molar-refractivity contribution < 1.29 is 0 Å². The van der Waals surface area contributed by atoms with Gasteiger partial charge in [0.1, 0.15) is 0 Å². The number of rotatable bonds is 3. The number of aryl methyl sites for hydroxylation is 1. The Kier molecular flexibility index (Phi) is 3.32. The van der Waals surface area contributed by atoms with E-state index in [0.717, 1.165) is 12.8 Å². The summed E-state index contributed by atoms with van der Waals surface area (Å²) in [7, 11) is 0. The molecule has 2 N–H and O–H groups in total. The van der Waals surface area contributed by atoms with Gasteiger partial charge in [-0.05, 0) is 46.1 Å². The topological polar surface area (TPSA) is 43.8 Å². The number of hydrogen-bond donors (Lipinski definition) is 1. The number of hydrogen-bond acceptors (Lipinski definition) is 2. The van der Waals surface area contributed by atoms with Crippen LogP contribution in [0.2, 0.25) is 0 Å². The lowest BCUT2D eigenvalue weighted by molar-refractivity contribution is 0.355. The van der Waals surface area contributed by atoms with Gasteiger partial charge in [-0.1, -0.05) is 0 Å². The third kappa shape index (κ3) is 3.14. The molecule has 0 saturated carbocycles. The average molecular weight is 195 g/mol. The lowest BCUT2D eigenvalue weighted by Crippen LogP contribution is -2.22. The fourth-order valence-electron chi connectivity index (χ4n) is 1.25. The SMILES string of the molecule is C[C@@H](N)CCc1cnn(C(C)(C)C)c1. The van der Waals surface area contributed by atoms with Gasteiger partial charge in [0.25, 0.3) is 0 Å². The normalized spacial score (nSPS) is 14.4. The molecule has 0 aromatic carbocycles. The van der Waals surface area contributed by atoms with Crippen molar-refractivity contribution in [3.63, 3.8) is 0 Å². The minimum Gasteiger partial charge on any atom is -0.328 e. The van der Waals surface area contributed by atoms with E-state index in [-0.39, 0.29) is 11.6 Å². The van der Waals surface area contributed by atoms with Crippen molar-refractivity contribution in [2.75, 3.05) is 0 Å². The molecule has 0 spiro atoms. The average Bonchev–Trinajstić information content (AvgIpc) is 2.47. The Hall–Kier alpha value is -0.830. The quantitative estimate of drug-likeness (QED) is 0.800. The van der Waals surface area contributed by atoms with Crippen molar-refractivity contribution in [1.82, 2.24) is 9.78 Å². The standard InChI is InChI=1S/C11H21N3/c1-9(12)5-6-10-7-13-14(8-10)11(2,3)4/h7-9H,5-6,12H2,1-4H3/t9-/m1/s1. The van der Waals surface area contributed by atoms with Crippen LogP contribution in [0.4, 0.5) is 0 Å². The fraction of sp³-hybridized carbons (Fsp3) is 0.727. The smallest absolute Gasteiger partial charge is 0.0543 e. The number of aromatic nitrogens is 2. The molecule has 0 aliphatic rings. The van der Waals surface area contributed by atoms with E-state index < -0.39 is 0 Å². The van der Waals surface area contributed by atoms with E-state index in [1.54, 1.807) is 0 Å². The zero-order chi connectivity index (χ0) is 10.8. The molecule has 0 fully saturated rings. The molecule has 1 aromatic heterocycles. The number of nitrogens with zero attached hydrogens (tertiary/aromatic N) is 2. The molecule has 0 saturated heterocycles. The summed E-state index contributed by atoms with van der Waals surface area (Å²) in [4.78, 5) is 0. The van der Waals surface area contributed by atoms with Gasteiger partial charge in [-0.25, -0.2) is 0 Å². The van der Waals surface area contributed by atoms with E-state index in [4.69, 9.17) is 5.73 Å². The second-order valence-electron chi connectivity index (χ2n) is 4.98. The predicted molar refractivity (Wildman–Crippen MR) is 59.2 cm³/mol. The number of nitrogens with two attached hydrogens (primary N) is 1. The second kappa shape index (κ2) is 4.13. The van der Waals surface area contributed by atoms with Gasteiger partial charge in [0.15, 0.2) is 0 Å². The maximum absolute atomic E-state index is 5.71. The van der Waals surface area contributed by atoms with Gasteiger partial charge in [0, 0.05) is 12.2 Å². The first kappa shape index (κ1) is 11.2. The molecule has 0 aliphatic heterocycles. The van der Waals surface area contributed by atoms with Gasteiger partial charge >= 0.3 is 0 Å². The summed E-state index contributed by atoms with van der Waals surface area (Å²) in [5, 5.41) is 4.34. The maximum Gasteiger partial charge on any atom is 0.0543 e. The summed E-state index contributed by atoms with van der Waals surface area (Å²) in [6, 6.07) is 0.271. The lowest BCUT2D eigenvalue weighted by Gasteiger charge is -2.18. The highest BCUT2D eigenvalue weighted by molar-refractivity contribution is 5.05. The molecule has 1 atom stereocenters. The summed E-state index contributed by atoms with van der Waals surface area (Å²) in [6.07, 6.45) is 6.10. The van der Waals surface area contributed by atoms with Gasteiger partial charge in [-0.3, -0.25) is 4.68 Å². The van der Waals surface area contributed by atoms with Crippen molar-refractivity contribution in [3.8, 4) is 0 Å². The van der Waals surface area contributed by atoms with Crippen molar-refractivity contribution in [2.24, 2.45) is 5.73 Å². The molecule has 3 heteroatoms. The van der Waals surface area contributed by atoms with Gasteiger partial charge in [0.05, 0.1) is 11.7 Å². The summed E-state index contributed by atoms with van der Waals surface area (Å²) in [6.45, 7) is 8.48. The molecule has 0 radical (unpaired) electrons. The molecule has 80 valence electrons. The van der Waals surface area contributed by atoms with Gasteiger partial charge in [-0.15, -0.1) is 0 Å². The van der Waals surface area contributed by atoms with Crippen LogP contribution in [0, 0.1) is 0 Å². The third-order valence-electron chi connectivity index (χ3n) is 2.21. The molecule has 0 unspecified atom stereocenters. The first-order valence-electron chi connectivity index (χ1n) is 5.19. The second-order valence-corrected chi connectivity index (χ2v) is 4.98. The molecule has 0 aliphatic carbocycles. The third-order valence-corrected chi connectivity index (χ3v) is 2.21. The van der Waals surface area contributed by atoms with Crippen LogP contribution in [0.5, 0.6) is 0 Å². The molecular formula is C11H21N3. The minimum atomic E-state index is 0.0760. The molecule has 1 rings (SSSR count). The summed E-state index contributed by atoms with van der Waals surface area (Å²) < 4.78 is 2.00. The monoisotopic (exact) mass is 195 g/mol. The van der Waals surface area contributed by atoms with Gasteiger partial charge in [0.2, 0.25) is 0 Å². The zero-order valence-electron chi connectivity index (χ0n) is 9.62. The Bertz CT molecular complexity index is 281. The first-order valence-corrected chi connectivity index (χ1v) is 5.19. The first-order chi connectivity index (χ1) is 6.39. The Morgan fingerprint density at radius 2 is 2.14 bits per heavy atom. The summed E-state index contributed by atoms with van der Waals surface area (Å²) in [5.74, 6) is 0. The predicted octanol–water partition coefficient (Wildman–Crippen LogP) is 1.92. The van der Waals surface area contributed by atoms with Crippen molar-refractivity contribution in [3.05, 3.63) is 18.0 Å². The lowest BCUT2D eigenvalue weighted by atomic mass is 10.1. The highest BCUT2D eigenvalue weighted by Crippen LogP contribution is 2.14. The van der Waals surface area contributed by atoms with E-state index in [1.807, 2.05) is 17.8 Å². The molecule has 14 heavy (non-hydrogen) atoms. The van der Waals surface area contributed by atoms with E-state index >= 15 is 0 Å². The van der Waals surface area contributed by atoms with Crippen molar-refractivity contribution in [1.29, 1.82) is 0 Å². The molecule has 3 nitrogen and oxygen atoms in total. The van der Waals surface area contributed by atoms with Crippen LogP contribution in [-0.2, 0) is 12.0 Å². The molecular weight excluding hydrogens is 174 g/mol. The van der Waals surface area contributed by atoms with Crippen LogP contribution in [0.15, 0.2) is 12.4 Å². The van der Waals surface area contributed by atoms with E-state index in [0.29, 0.717) is 0 Å². The molecule has 1 aromatic rings. The maximum atomic E-state index is 5.71. The Morgan fingerprint density at radius 1 is 1.50 bits per heavy atom. The van der Waals surface area contributed by atoms with Crippen LogP contribution < -0.4 is 5.73 Å². The van der Waals surface area contributed by atoms with Gasteiger partial charge in [-0.2, -0.15) is 5.10 Å². The van der Waals surface area contributed by atoms with Crippen molar-refractivity contribution in [2.45, 2.75) is 52.1 Å². The fourth-order valence-corrected chi connectivity index (χ4v) is 1.25. The highest BCUT2D eigenvalue weighted by Gasteiger charge is 2.13. The van der Waals surface area contributed by atoms with E-state index in [1.165, 1.54) is 5.56 Å². The Morgan fingerprint density at radius 3 is 2.57 bits per heavy atom. The van der Waals surface area contributed by atoms with Crippen LogP contribution in [0.3, 0.4) is 0 Å². The molecule has 1 heterocycles. The largest absolute Gasteiger partial charge is 0.328 e. The summed E-state index contributed by atoms with van der Waals surface area (Å²) in [5.41, 5.74) is 7.06. The zero-order valence-corrected chi connectivity index (χ0v) is 9.62. The van der Waals surface area contributed by atoms with E-state index in [2.05, 4.69) is 32.1 Å².